The van der Waals surface area contributed by atoms with E-state index < -0.39 is 0 Å². The van der Waals surface area contributed by atoms with E-state index in [4.69, 9.17) is 5.10 Å². The molecule has 1 aromatic heterocycles. The summed E-state index contributed by atoms with van der Waals surface area (Å²) >= 11 is 0. The fourth-order valence-electron chi connectivity index (χ4n) is 3.43. The van der Waals surface area contributed by atoms with Crippen molar-refractivity contribution in [2.75, 3.05) is 23.7 Å². The van der Waals surface area contributed by atoms with Crippen molar-refractivity contribution in [2.45, 2.75) is 53.4 Å². The number of hydrogen-bond donors (Lipinski definition) is 2. The third-order valence-corrected chi connectivity index (χ3v) is 5.64. The fraction of sp³-hybridized carbons (Fsp3) is 0.370. The second-order valence-corrected chi connectivity index (χ2v) is 9.46. The predicted octanol–water partition coefficient (Wildman–Crippen LogP) is 5.53. The van der Waals surface area contributed by atoms with Crippen molar-refractivity contribution >= 4 is 23.4 Å². The van der Waals surface area contributed by atoms with Gasteiger partial charge in [0.2, 0.25) is 5.91 Å². The summed E-state index contributed by atoms with van der Waals surface area (Å²) in [4.78, 5) is 27.2. The summed E-state index contributed by atoms with van der Waals surface area (Å²) in [5, 5.41) is 10.6. The molecule has 0 aliphatic heterocycles. The summed E-state index contributed by atoms with van der Waals surface area (Å²) in [5.41, 5.74) is 4.59. The van der Waals surface area contributed by atoms with Crippen molar-refractivity contribution in [2.24, 2.45) is 0 Å². The van der Waals surface area contributed by atoms with E-state index in [-0.39, 0.29) is 23.9 Å². The maximum Gasteiger partial charge on any atom is 0.322 e. The molecule has 0 saturated carbocycles. The van der Waals surface area contributed by atoms with Gasteiger partial charge in [-0.2, -0.15) is 5.10 Å². The number of amides is 3. The van der Waals surface area contributed by atoms with Crippen LogP contribution in [0.25, 0.3) is 5.69 Å². The molecule has 180 valence electrons. The molecule has 0 spiro atoms. The van der Waals surface area contributed by atoms with Gasteiger partial charge in [0, 0.05) is 23.7 Å². The molecular weight excluding hydrogens is 426 g/mol. The molecule has 0 fully saturated rings. The quantitative estimate of drug-likeness (QED) is 0.485. The van der Waals surface area contributed by atoms with Crippen LogP contribution in [0.2, 0.25) is 0 Å². The number of carbonyl (C=O) groups excluding carboxylic acids is 2. The summed E-state index contributed by atoms with van der Waals surface area (Å²) in [5.74, 6) is 0.289. The largest absolute Gasteiger partial charge is 0.322 e. The molecule has 7 heteroatoms. The molecule has 2 N–H and O–H groups in total. The van der Waals surface area contributed by atoms with Crippen molar-refractivity contribution in [3.63, 3.8) is 0 Å². The van der Waals surface area contributed by atoms with Crippen LogP contribution in [0.15, 0.2) is 54.6 Å². The van der Waals surface area contributed by atoms with Crippen molar-refractivity contribution in [1.29, 1.82) is 0 Å². The van der Waals surface area contributed by atoms with Crippen LogP contribution in [0.1, 0.15) is 51.4 Å². The number of anilines is 2. The van der Waals surface area contributed by atoms with Crippen molar-refractivity contribution in [3.05, 3.63) is 71.4 Å². The number of carbonyl (C=O) groups is 2. The highest BCUT2D eigenvalue weighted by Gasteiger charge is 2.23. The number of hydrogen-bond acceptors (Lipinski definition) is 3. The zero-order valence-electron chi connectivity index (χ0n) is 21.0. The van der Waals surface area contributed by atoms with Gasteiger partial charge in [-0.25, -0.2) is 9.48 Å². The van der Waals surface area contributed by atoms with Gasteiger partial charge in [0.15, 0.2) is 0 Å². The first-order valence-corrected chi connectivity index (χ1v) is 11.7. The maximum atomic E-state index is 12.9. The first-order chi connectivity index (χ1) is 16.1. The number of nitrogens with zero attached hydrogens (tertiary/aromatic N) is 3. The third-order valence-electron chi connectivity index (χ3n) is 5.64. The molecular formula is C27H35N5O2. The lowest BCUT2D eigenvalue weighted by atomic mass is 9.92. The lowest BCUT2D eigenvalue weighted by Gasteiger charge is -2.21. The minimum absolute atomic E-state index is 0.0701. The van der Waals surface area contributed by atoms with Crippen LogP contribution in [-0.4, -0.2) is 39.7 Å². The Bertz CT molecular complexity index is 1130. The minimum atomic E-state index is -0.315. The van der Waals surface area contributed by atoms with Crippen molar-refractivity contribution in [1.82, 2.24) is 14.7 Å². The number of rotatable bonds is 7. The van der Waals surface area contributed by atoms with Crippen LogP contribution in [0.3, 0.4) is 0 Å². The van der Waals surface area contributed by atoms with Crippen LogP contribution < -0.4 is 10.6 Å². The molecule has 3 rings (SSSR count). The standard InChI is InChI=1S/C27H35N5O2/c1-7-20-11-13-21(14-12-20)28-26(34)31(8-2)18-25(33)29-24-17-23(27(4,5)6)30-32(24)22-15-9-19(3)10-16-22/h9-17H,7-8,18H2,1-6H3,(H,28,34)(H,29,33). The molecule has 0 aliphatic rings. The molecule has 7 nitrogen and oxygen atoms in total. The number of aryl methyl sites for hydroxylation is 2. The van der Waals surface area contributed by atoms with Gasteiger partial charge in [0.05, 0.1) is 11.4 Å². The summed E-state index contributed by atoms with van der Waals surface area (Å²) in [7, 11) is 0. The highest BCUT2D eigenvalue weighted by Crippen LogP contribution is 2.26. The molecule has 0 saturated heterocycles. The highest BCUT2D eigenvalue weighted by molar-refractivity contribution is 5.96. The van der Waals surface area contributed by atoms with Crippen LogP contribution in [-0.2, 0) is 16.6 Å². The van der Waals surface area contributed by atoms with E-state index in [1.165, 1.54) is 10.5 Å². The van der Waals surface area contributed by atoms with E-state index in [0.29, 0.717) is 18.1 Å². The van der Waals surface area contributed by atoms with Gasteiger partial charge in [-0.05, 0) is 50.1 Å². The second-order valence-electron chi connectivity index (χ2n) is 9.46. The molecule has 0 aliphatic carbocycles. The maximum absolute atomic E-state index is 12.9. The summed E-state index contributed by atoms with van der Waals surface area (Å²) < 4.78 is 1.74. The third kappa shape index (κ3) is 6.25. The Balaban J connectivity index is 1.74. The molecule has 3 aromatic rings. The predicted molar refractivity (Wildman–Crippen MR) is 138 cm³/mol. The van der Waals surface area contributed by atoms with Gasteiger partial charge >= 0.3 is 6.03 Å². The van der Waals surface area contributed by atoms with E-state index in [1.807, 2.05) is 68.4 Å². The topological polar surface area (TPSA) is 79.3 Å². The van der Waals surface area contributed by atoms with E-state index in [2.05, 4.69) is 38.3 Å². The summed E-state index contributed by atoms with van der Waals surface area (Å²) in [6, 6.07) is 17.3. The van der Waals surface area contributed by atoms with E-state index >= 15 is 0 Å². The fourth-order valence-corrected chi connectivity index (χ4v) is 3.43. The second kappa shape index (κ2) is 10.5. The number of nitrogens with one attached hydrogen (secondary N) is 2. The van der Waals surface area contributed by atoms with Gasteiger partial charge in [-0.3, -0.25) is 4.79 Å². The van der Waals surface area contributed by atoms with Gasteiger partial charge in [0.1, 0.15) is 12.4 Å². The lowest BCUT2D eigenvalue weighted by Crippen LogP contribution is -2.40. The Morgan fingerprint density at radius 1 is 0.971 bits per heavy atom. The number of urea groups is 1. The smallest absolute Gasteiger partial charge is 0.315 e. The van der Waals surface area contributed by atoms with Gasteiger partial charge in [0.25, 0.3) is 0 Å². The van der Waals surface area contributed by atoms with E-state index in [9.17, 15) is 9.59 Å². The highest BCUT2D eigenvalue weighted by atomic mass is 16.2. The first kappa shape index (κ1) is 25.0. The molecule has 0 unspecified atom stereocenters. The average molecular weight is 462 g/mol. The summed E-state index contributed by atoms with van der Waals surface area (Å²) in [6.45, 7) is 12.5. The zero-order chi connectivity index (χ0) is 24.9. The Labute approximate surface area is 202 Å². The van der Waals surface area contributed by atoms with Crippen LogP contribution in [0, 0.1) is 6.92 Å². The number of likely N-dealkylation sites (N-methyl/N-ethyl adjacent to an activating group) is 1. The SMILES string of the molecule is CCc1ccc(NC(=O)N(CC)CC(=O)Nc2cc(C(C)(C)C)nn2-c2ccc(C)cc2)cc1. The Morgan fingerprint density at radius 2 is 1.62 bits per heavy atom. The van der Waals surface area contributed by atoms with Crippen LogP contribution >= 0.6 is 0 Å². The molecule has 3 amide bonds. The molecule has 0 radical (unpaired) electrons. The van der Waals surface area contributed by atoms with E-state index in [0.717, 1.165) is 23.4 Å². The number of benzene rings is 2. The van der Waals surface area contributed by atoms with Crippen molar-refractivity contribution in [3.8, 4) is 5.69 Å². The van der Waals surface area contributed by atoms with Gasteiger partial charge in [-0.1, -0.05) is 57.5 Å². The van der Waals surface area contributed by atoms with Crippen LogP contribution in [0.4, 0.5) is 16.3 Å². The normalized spacial score (nSPS) is 11.2. The minimum Gasteiger partial charge on any atom is -0.315 e. The monoisotopic (exact) mass is 461 g/mol. The number of aromatic nitrogens is 2. The van der Waals surface area contributed by atoms with Crippen molar-refractivity contribution < 1.29 is 9.59 Å². The average Bonchev–Trinajstić information content (AvgIpc) is 3.22. The molecule has 34 heavy (non-hydrogen) atoms. The molecule has 1 heterocycles. The van der Waals surface area contributed by atoms with Crippen LogP contribution in [0.5, 0.6) is 0 Å². The Hall–Kier alpha value is -3.61. The Kier molecular flexibility index (Phi) is 7.76. The van der Waals surface area contributed by atoms with Gasteiger partial charge in [-0.15, -0.1) is 0 Å². The lowest BCUT2D eigenvalue weighted by molar-refractivity contribution is -0.116. The van der Waals surface area contributed by atoms with Gasteiger partial charge < -0.3 is 15.5 Å². The zero-order valence-corrected chi connectivity index (χ0v) is 21.0. The Morgan fingerprint density at radius 3 is 2.18 bits per heavy atom. The van der Waals surface area contributed by atoms with E-state index in [1.54, 1.807) is 4.68 Å². The molecule has 2 aromatic carbocycles. The first-order valence-electron chi connectivity index (χ1n) is 11.7. The molecule has 0 bridgehead atoms. The summed E-state index contributed by atoms with van der Waals surface area (Å²) in [6.07, 6.45) is 0.936. The molecule has 0 atom stereocenters.